The predicted octanol–water partition coefficient (Wildman–Crippen LogP) is 4.22. The van der Waals surface area contributed by atoms with Gasteiger partial charge in [-0.25, -0.2) is 9.78 Å². The molecule has 1 N–H and O–H groups in total. The molecule has 4 rings (SSSR count). The van der Waals surface area contributed by atoms with Crippen molar-refractivity contribution in [3.05, 3.63) is 93.3 Å². The Kier molecular flexibility index (Phi) is 5.90. The summed E-state index contributed by atoms with van der Waals surface area (Å²) in [4.78, 5) is 29.9. The normalized spacial score (nSPS) is 10.9. The molecule has 6 nitrogen and oxygen atoms in total. The molecule has 0 bridgehead atoms. The first-order valence-electron chi connectivity index (χ1n) is 9.59. The highest BCUT2D eigenvalue weighted by atomic mass is 32.1. The Morgan fingerprint density at radius 3 is 2.47 bits per heavy atom. The van der Waals surface area contributed by atoms with Crippen LogP contribution in [0.5, 0.6) is 5.75 Å². The van der Waals surface area contributed by atoms with Gasteiger partial charge >= 0.3 is 5.97 Å². The molecule has 0 fully saturated rings. The van der Waals surface area contributed by atoms with Crippen molar-refractivity contribution in [3.8, 4) is 5.75 Å². The van der Waals surface area contributed by atoms with Crippen LogP contribution in [-0.4, -0.2) is 27.2 Å². The molecular weight excluding hydrogens is 400 g/mol. The summed E-state index contributed by atoms with van der Waals surface area (Å²) in [6, 6.07) is 19.3. The van der Waals surface area contributed by atoms with E-state index in [4.69, 9.17) is 4.74 Å². The Labute approximate surface area is 177 Å². The van der Waals surface area contributed by atoms with E-state index >= 15 is 0 Å². The number of fused-ring (bicyclic) bond motifs is 1. The summed E-state index contributed by atoms with van der Waals surface area (Å²) >= 11 is 1.19. The quantitative estimate of drug-likeness (QED) is 0.432. The summed E-state index contributed by atoms with van der Waals surface area (Å²) in [7, 11) is 0. The number of benzene rings is 2. The van der Waals surface area contributed by atoms with Crippen LogP contribution in [0.25, 0.3) is 10.2 Å². The number of carboxylic acids is 1. The van der Waals surface area contributed by atoms with Gasteiger partial charge in [-0.2, -0.15) is 0 Å². The van der Waals surface area contributed by atoms with Gasteiger partial charge in [-0.3, -0.25) is 9.36 Å². The van der Waals surface area contributed by atoms with Gasteiger partial charge in [0.15, 0.2) is 0 Å². The van der Waals surface area contributed by atoms with Crippen LogP contribution in [0.3, 0.4) is 0 Å². The average molecular weight is 420 g/mol. The minimum atomic E-state index is -1.12. The third-order valence-corrected chi connectivity index (χ3v) is 5.62. The molecule has 30 heavy (non-hydrogen) atoms. The van der Waals surface area contributed by atoms with Crippen LogP contribution in [0.15, 0.2) is 70.8 Å². The molecular formula is C23H20N2O4S. The topological polar surface area (TPSA) is 81.4 Å². The monoisotopic (exact) mass is 420 g/mol. The number of aromatic nitrogens is 2. The number of rotatable bonds is 8. The predicted molar refractivity (Wildman–Crippen MR) is 117 cm³/mol. The van der Waals surface area contributed by atoms with E-state index in [1.54, 1.807) is 4.57 Å². The number of carboxylic acid groups (broad SMARTS) is 1. The van der Waals surface area contributed by atoms with Crippen molar-refractivity contribution < 1.29 is 14.6 Å². The van der Waals surface area contributed by atoms with Gasteiger partial charge in [-0.1, -0.05) is 48.5 Å². The molecule has 7 heteroatoms. The largest absolute Gasteiger partial charge is 0.494 e. The standard InChI is InChI=1S/C23H20N2O4S/c26-22-20-18(23(27)28)15-30-21(20)24-19(14-16-8-3-1-4-9-16)25(22)12-7-13-29-17-10-5-2-6-11-17/h1-6,8-11,15H,7,12-14H2,(H,27,28). The van der Waals surface area contributed by atoms with Crippen LogP contribution in [0, 0.1) is 0 Å². The zero-order chi connectivity index (χ0) is 20.9. The number of hydrogen-bond acceptors (Lipinski definition) is 5. The van der Waals surface area contributed by atoms with E-state index in [0.717, 1.165) is 11.3 Å². The second-order valence-electron chi connectivity index (χ2n) is 6.80. The Morgan fingerprint density at radius 1 is 1.07 bits per heavy atom. The van der Waals surface area contributed by atoms with Crippen molar-refractivity contribution in [1.29, 1.82) is 0 Å². The molecule has 0 unspecified atom stereocenters. The molecule has 0 atom stereocenters. The maximum atomic E-state index is 13.2. The van der Waals surface area contributed by atoms with Gasteiger partial charge in [-0.15, -0.1) is 11.3 Å². The summed E-state index contributed by atoms with van der Waals surface area (Å²) in [6.45, 7) is 0.834. The van der Waals surface area contributed by atoms with Crippen molar-refractivity contribution in [2.45, 2.75) is 19.4 Å². The molecule has 0 aliphatic heterocycles. The molecule has 0 amide bonds. The molecule has 0 spiro atoms. The third kappa shape index (κ3) is 4.26. The molecule has 4 aromatic rings. The van der Waals surface area contributed by atoms with E-state index < -0.39 is 5.97 Å². The molecule has 152 valence electrons. The number of hydrogen-bond donors (Lipinski definition) is 1. The summed E-state index contributed by atoms with van der Waals surface area (Å²) in [5.74, 6) is 0.279. The van der Waals surface area contributed by atoms with E-state index in [-0.39, 0.29) is 16.5 Å². The van der Waals surface area contributed by atoms with E-state index in [9.17, 15) is 14.7 Å². The lowest BCUT2D eigenvalue weighted by Crippen LogP contribution is -2.27. The van der Waals surface area contributed by atoms with Gasteiger partial charge < -0.3 is 9.84 Å². The minimum Gasteiger partial charge on any atom is -0.494 e. The molecule has 2 heterocycles. The van der Waals surface area contributed by atoms with Gasteiger partial charge in [0.1, 0.15) is 16.4 Å². The van der Waals surface area contributed by atoms with E-state index in [1.165, 1.54) is 16.7 Å². The molecule has 0 aliphatic carbocycles. The third-order valence-electron chi connectivity index (χ3n) is 4.75. The highest BCUT2D eigenvalue weighted by molar-refractivity contribution is 7.17. The number of ether oxygens (including phenoxy) is 1. The SMILES string of the molecule is O=C(O)c1csc2nc(Cc3ccccc3)n(CCCOc3ccccc3)c(=O)c12. The van der Waals surface area contributed by atoms with Crippen molar-refractivity contribution in [2.75, 3.05) is 6.61 Å². The smallest absolute Gasteiger partial charge is 0.337 e. The highest BCUT2D eigenvalue weighted by Crippen LogP contribution is 2.22. The van der Waals surface area contributed by atoms with Gasteiger partial charge in [0.2, 0.25) is 0 Å². The summed E-state index contributed by atoms with van der Waals surface area (Å²) in [5, 5.41) is 11.1. The molecule has 2 aromatic heterocycles. The number of thiophene rings is 1. The summed E-state index contributed by atoms with van der Waals surface area (Å²) in [6.07, 6.45) is 1.09. The molecule has 0 saturated carbocycles. The molecule has 0 radical (unpaired) electrons. The van der Waals surface area contributed by atoms with E-state index in [2.05, 4.69) is 4.98 Å². The minimum absolute atomic E-state index is 0.00745. The maximum Gasteiger partial charge on any atom is 0.337 e. The van der Waals surface area contributed by atoms with Gasteiger partial charge in [0, 0.05) is 18.3 Å². The van der Waals surface area contributed by atoms with Crippen molar-refractivity contribution in [1.82, 2.24) is 9.55 Å². The first kappa shape index (κ1) is 19.8. The van der Waals surface area contributed by atoms with Crippen molar-refractivity contribution in [3.63, 3.8) is 0 Å². The second-order valence-corrected chi connectivity index (χ2v) is 7.66. The van der Waals surface area contributed by atoms with Crippen LogP contribution in [-0.2, 0) is 13.0 Å². The van der Waals surface area contributed by atoms with Crippen LogP contribution >= 0.6 is 11.3 Å². The first-order valence-corrected chi connectivity index (χ1v) is 10.5. The van der Waals surface area contributed by atoms with Crippen LogP contribution < -0.4 is 10.3 Å². The Morgan fingerprint density at radius 2 is 1.77 bits per heavy atom. The molecule has 0 aliphatic rings. The van der Waals surface area contributed by atoms with Gasteiger partial charge in [-0.05, 0) is 24.1 Å². The number of aromatic carboxylic acids is 1. The number of carbonyl (C=O) groups is 1. The molecule has 0 saturated heterocycles. The average Bonchev–Trinajstić information content (AvgIpc) is 3.19. The number of nitrogens with zero attached hydrogens (tertiary/aromatic N) is 2. The maximum absolute atomic E-state index is 13.2. The van der Waals surface area contributed by atoms with Crippen LogP contribution in [0.2, 0.25) is 0 Å². The first-order chi connectivity index (χ1) is 14.6. The lowest BCUT2D eigenvalue weighted by Gasteiger charge is -2.13. The van der Waals surface area contributed by atoms with Gasteiger partial charge in [0.25, 0.3) is 5.56 Å². The summed E-state index contributed by atoms with van der Waals surface area (Å²) < 4.78 is 7.32. The van der Waals surface area contributed by atoms with Gasteiger partial charge in [0.05, 0.1) is 17.6 Å². The fourth-order valence-electron chi connectivity index (χ4n) is 3.30. The Bertz CT molecular complexity index is 1220. The summed E-state index contributed by atoms with van der Waals surface area (Å²) in [5.41, 5.74) is 0.727. The fourth-order valence-corrected chi connectivity index (χ4v) is 4.22. The van der Waals surface area contributed by atoms with E-state index in [1.807, 2.05) is 60.7 Å². The second kappa shape index (κ2) is 8.92. The Hall–Kier alpha value is -3.45. The van der Waals surface area contributed by atoms with Crippen LogP contribution in [0.4, 0.5) is 0 Å². The van der Waals surface area contributed by atoms with Crippen molar-refractivity contribution in [2.24, 2.45) is 0 Å². The van der Waals surface area contributed by atoms with E-state index in [0.29, 0.717) is 36.6 Å². The highest BCUT2D eigenvalue weighted by Gasteiger charge is 2.19. The molecule has 2 aromatic carbocycles. The van der Waals surface area contributed by atoms with Crippen molar-refractivity contribution >= 4 is 27.5 Å². The lowest BCUT2D eigenvalue weighted by molar-refractivity contribution is 0.0699. The number of para-hydroxylation sites is 1. The lowest BCUT2D eigenvalue weighted by atomic mass is 10.1. The zero-order valence-electron chi connectivity index (χ0n) is 16.2. The van der Waals surface area contributed by atoms with Crippen LogP contribution in [0.1, 0.15) is 28.2 Å². The fraction of sp³-hybridized carbons (Fsp3) is 0.174. The Balaban J connectivity index is 1.64. The zero-order valence-corrected chi connectivity index (χ0v) is 17.0.